The van der Waals surface area contributed by atoms with Gasteiger partial charge in [-0.1, -0.05) is 13.0 Å². The van der Waals surface area contributed by atoms with Gasteiger partial charge < -0.3 is 11.1 Å². The van der Waals surface area contributed by atoms with Crippen LogP contribution in [0, 0.1) is 12.8 Å². The molecule has 1 unspecified atom stereocenters. The number of tetrazole rings is 1. The Morgan fingerprint density at radius 2 is 2.30 bits per heavy atom. The number of anilines is 1. The van der Waals surface area contributed by atoms with E-state index in [0.717, 1.165) is 16.9 Å². The lowest BCUT2D eigenvalue weighted by Crippen LogP contribution is -2.20. The highest BCUT2D eigenvalue weighted by Gasteiger charge is 2.09. The molecule has 7 heteroatoms. The summed E-state index contributed by atoms with van der Waals surface area (Å²) >= 11 is 0. The molecule has 1 amide bonds. The Kier molecular flexibility index (Phi) is 4.41. The van der Waals surface area contributed by atoms with Crippen molar-refractivity contribution in [3.8, 4) is 5.69 Å². The number of benzene rings is 1. The Bertz CT molecular complexity index is 581. The number of aryl methyl sites for hydroxylation is 1. The van der Waals surface area contributed by atoms with Gasteiger partial charge in [0.25, 0.3) is 0 Å². The normalized spacial score (nSPS) is 12.2. The van der Waals surface area contributed by atoms with Gasteiger partial charge in [-0.25, -0.2) is 4.68 Å². The summed E-state index contributed by atoms with van der Waals surface area (Å²) in [5.74, 6) is 0.119. The predicted octanol–water partition coefficient (Wildman–Crippen LogP) is 0.894. The van der Waals surface area contributed by atoms with E-state index in [1.165, 1.54) is 6.33 Å². The Morgan fingerprint density at radius 1 is 1.50 bits per heavy atom. The van der Waals surface area contributed by atoms with Crippen molar-refractivity contribution in [2.45, 2.75) is 20.3 Å². The lowest BCUT2D eigenvalue weighted by Gasteiger charge is -2.11. The van der Waals surface area contributed by atoms with Gasteiger partial charge in [0.2, 0.25) is 5.91 Å². The summed E-state index contributed by atoms with van der Waals surface area (Å²) in [4.78, 5) is 11.9. The third kappa shape index (κ3) is 3.39. The van der Waals surface area contributed by atoms with Crippen molar-refractivity contribution >= 4 is 11.6 Å². The summed E-state index contributed by atoms with van der Waals surface area (Å²) in [6, 6.07) is 5.61. The molecule has 3 N–H and O–H groups in total. The molecule has 2 aromatic rings. The first-order valence-corrected chi connectivity index (χ1v) is 6.44. The zero-order valence-corrected chi connectivity index (χ0v) is 11.6. The number of nitrogens with zero attached hydrogens (tertiary/aromatic N) is 4. The number of aromatic nitrogens is 4. The van der Waals surface area contributed by atoms with Gasteiger partial charge in [0, 0.05) is 12.1 Å². The van der Waals surface area contributed by atoms with Crippen LogP contribution in [0.4, 0.5) is 5.69 Å². The lowest BCUT2D eigenvalue weighted by atomic mass is 10.1. The van der Waals surface area contributed by atoms with Crippen LogP contribution in [0.1, 0.15) is 18.9 Å². The molecular weight excluding hydrogens is 256 g/mol. The molecule has 0 aliphatic rings. The van der Waals surface area contributed by atoms with Crippen LogP contribution in [0.5, 0.6) is 0 Å². The molecule has 20 heavy (non-hydrogen) atoms. The van der Waals surface area contributed by atoms with Crippen molar-refractivity contribution in [2.24, 2.45) is 11.7 Å². The monoisotopic (exact) mass is 274 g/mol. The third-order valence-electron chi connectivity index (χ3n) is 3.02. The molecule has 7 nitrogen and oxygen atoms in total. The molecule has 1 atom stereocenters. The van der Waals surface area contributed by atoms with Gasteiger partial charge in [0.05, 0.1) is 5.69 Å². The van der Waals surface area contributed by atoms with Crippen LogP contribution >= 0.6 is 0 Å². The standard InChI is InChI=1S/C13H18N6O/c1-9(7-14)5-13(20)16-11-4-3-10(2)12(6-11)19-8-15-17-18-19/h3-4,6,8-9H,5,7,14H2,1-2H3,(H,16,20). The third-order valence-corrected chi connectivity index (χ3v) is 3.02. The molecule has 0 aliphatic carbocycles. The molecule has 0 saturated carbocycles. The van der Waals surface area contributed by atoms with Gasteiger partial charge in [-0.3, -0.25) is 4.79 Å². The average Bonchev–Trinajstić information content (AvgIpc) is 2.94. The van der Waals surface area contributed by atoms with Crippen LogP contribution in [-0.4, -0.2) is 32.7 Å². The van der Waals surface area contributed by atoms with E-state index in [1.54, 1.807) is 4.68 Å². The van der Waals surface area contributed by atoms with Crippen LogP contribution in [-0.2, 0) is 4.79 Å². The fourth-order valence-corrected chi connectivity index (χ4v) is 1.82. The second-order valence-electron chi connectivity index (χ2n) is 4.85. The molecule has 0 radical (unpaired) electrons. The van der Waals surface area contributed by atoms with E-state index in [0.29, 0.717) is 13.0 Å². The van der Waals surface area contributed by atoms with Gasteiger partial charge in [-0.15, -0.1) is 5.10 Å². The van der Waals surface area contributed by atoms with Crippen LogP contribution in [0.3, 0.4) is 0 Å². The van der Waals surface area contributed by atoms with Gasteiger partial charge in [-0.2, -0.15) is 0 Å². The van der Waals surface area contributed by atoms with Crippen LogP contribution < -0.4 is 11.1 Å². The van der Waals surface area contributed by atoms with Crippen LogP contribution in [0.2, 0.25) is 0 Å². The number of hydrogen-bond donors (Lipinski definition) is 2. The molecule has 0 bridgehead atoms. The van der Waals surface area contributed by atoms with Gasteiger partial charge >= 0.3 is 0 Å². The zero-order chi connectivity index (χ0) is 14.5. The van der Waals surface area contributed by atoms with E-state index < -0.39 is 0 Å². The first-order valence-electron chi connectivity index (χ1n) is 6.44. The van der Waals surface area contributed by atoms with Crippen molar-refractivity contribution in [2.75, 3.05) is 11.9 Å². The SMILES string of the molecule is Cc1ccc(NC(=O)CC(C)CN)cc1-n1cnnn1. The van der Waals surface area contributed by atoms with Crippen molar-refractivity contribution in [3.05, 3.63) is 30.1 Å². The minimum absolute atomic E-state index is 0.0468. The van der Waals surface area contributed by atoms with Gasteiger partial charge in [0.15, 0.2) is 0 Å². The fourth-order valence-electron chi connectivity index (χ4n) is 1.82. The number of hydrogen-bond acceptors (Lipinski definition) is 5. The smallest absolute Gasteiger partial charge is 0.224 e. The number of rotatable bonds is 5. The highest BCUT2D eigenvalue weighted by molar-refractivity contribution is 5.91. The Labute approximate surface area is 117 Å². The highest BCUT2D eigenvalue weighted by Crippen LogP contribution is 2.18. The van der Waals surface area contributed by atoms with Crippen LogP contribution in [0.15, 0.2) is 24.5 Å². The number of nitrogens with one attached hydrogen (secondary N) is 1. The van der Waals surface area contributed by atoms with Crippen LogP contribution in [0.25, 0.3) is 5.69 Å². The maximum absolute atomic E-state index is 11.9. The summed E-state index contributed by atoms with van der Waals surface area (Å²) in [7, 11) is 0. The Morgan fingerprint density at radius 3 is 2.95 bits per heavy atom. The summed E-state index contributed by atoms with van der Waals surface area (Å²) in [5.41, 5.74) is 8.09. The average molecular weight is 274 g/mol. The first kappa shape index (κ1) is 14.1. The molecule has 0 saturated heterocycles. The molecule has 0 aliphatic heterocycles. The van der Waals surface area contributed by atoms with E-state index in [2.05, 4.69) is 20.8 Å². The number of carbonyl (C=O) groups is 1. The quantitative estimate of drug-likeness (QED) is 0.843. The van der Waals surface area contributed by atoms with E-state index in [1.807, 2.05) is 32.0 Å². The minimum atomic E-state index is -0.0468. The predicted molar refractivity (Wildman–Crippen MR) is 75.4 cm³/mol. The first-order chi connectivity index (χ1) is 9.60. The molecule has 1 aromatic carbocycles. The molecule has 1 aromatic heterocycles. The zero-order valence-electron chi connectivity index (χ0n) is 11.6. The number of carbonyl (C=O) groups excluding carboxylic acids is 1. The number of nitrogens with two attached hydrogens (primary N) is 1. The van der Waals surface area contributed by atoms with E-state index >= 15 is 0 Å². The van der Waals surface area contributed by atoms with E-state index in [4.69, 9.17) is 5.73 Å². The molecule has 1 heterocycles. The summed E-state index contributed by atoms with van der Waals surface area (Å²) in [6.45, 7) is 4.40. The second kappa shape index (κ2) is 6.25. The molecule has 0 spiro atoms. The molecule has 0 fully saturated rings. The van der Waals surface area contributed by atoms with Crippen molar-refractivity contribution in [1.29, 1.82) is 0 Å². The van der Waals surface area contributed by atoms with Crippen molar-refractivity contribution < 1.29 is 4.79 Å². The van der Waals surface area contributed by atoms with Gasteiger partial charge in [0.1, 0.15) is 6.33 Å². The summed E-state index contributed by atoms with van der Waals surface area (Å²) in [6.07, 6.45) is 1.93. The molecule has 106 valence electrons. The van der Waals surface area contributed by atoms with E-state index in [9.17, 15) is 4.79 Å². The van der Waals surface area contributed by atoms with Crippen molar-refractivity contribution in [1.82, 2.24) is 20.2 Å². The largest absolute Gasteiger partial charge is 0.330 e. The minimum Gasteiger partial charge on any atom is -0.330 e. The molecular formula is C13H18N6O. The molecule has 2 rings (SSSR count). The summed E-state index contributed by atoms with van der Waals surface area (Å²) in [5, 5.41) is 13.9. The fraction of sp³-hybridized carbons (Fsp3) is 0.385. The maximum Gasteiger partial charge on any atom is 0.224 e. The van der Waals surface area contributed by atoms with Crippen molar-refractivity contribution in [3.63, 3.8) is 0 Å². The highest BCUT2D eigenvalue weighted by atomic mass is 16.1. The topological polar surface area (TPSA) is 98.7 Å². The maximum atomic E-state index is 11.9. The Balaban J connectivity index is 2.14. The second-order valence-corrected chi connectivity index (χ2v) is 4.85. The number of amides is 1. The van der Waals surface area contributed by atoms with Gasteiger partial charge in [-0.05, 0) is 47.5 Å². The Hall–Kier alpha value is -2.28. The lowest BCUT2D eigenvalue weighted by molar-refractivity contribution is -0.116. The summed E-state index contributed by atoms with van der Waals surface area (Å²) < 4.78 is 1.56. The van der Waals surface area contributed by atoms with E-state index in [-0.39, 0.29) is 11.8 Å².